The number of rotatable bonds is 6. The van der Waals surface area contributed by atoms with E-state index in [-0.39, 0.29) is 17.5 Å². The average Bonchev–Trinajstić information content (AvgIpc) is 3.06. The number of fused-ring (bicyclic) bond motifs is 1. The molecule has 2 amide bonds. The molecule has 3 N–H and O–H groups in total. The number of benzene rings is 1. The van der Waals surface area contributed by atoms with Gasteiger partial charge in [0.05, 0.1) is 5.52 Å². The van der Waals surface area contributed by atoms with Gasteiger partial charge in [0.2, 0.25) is 5.91 Å². The Kier molecular flexibility index (Phi) is 5.03. The number of pyridine rings is 1. The highest BCUT2D eigenvalue weighted by atomic mass is 16.2. The van der Waals surface area contributed by atoms with Crippen molar-refractivity contribution in [2.24, 2.45) is 0 Å². The van der Waals surface area contributed by atoms with Crippen LogP contribution in [0.15, 0.2) is 48.7 Å². The molecule has 3 rings (SSSR count). The number of amides is 2. The van der Waals surface area contributed by atoms with Crippen molar-refractivity contribution in [3.63, 3.8) is 0 Å². The van der Waals surface area contributed by atoms with E-state index in [9.17, 15) is 9.59 Å². The molecule has 2 heterocycles. The lowest BCUT2D eigenvalue weighted by atomic mass is 10.2. The van der Waals surface area contributed by atoms with Gasteiger partial charge in [0.15, 0.2) is 5.69 Å². The monoisotopic (exact) mass is 337 g/mol. The molecule has 1 aromatic carbocycles. The zero-order valence-electron chi connectivity index (χ0n) is 13.8. The van der Waals surface area contributed by atoms with Crippen LogP contribution in [0.2, 0.25) is 0 Å². The molecule has 0 radical (unpaired) electrons. The summed E-state index contributed by atoms with van der Waals surface area (Å²) in [5.41, 5.74) is 1.96. The fourth-order valence-corrected chi connectivity index (χ4v) is 2.48. The fourth-order valence-electron chi connectivity index (χ4n) is 2.48. The smallest absolute Gasteiger partial charge is 0.273 e. The Hall–Kier alpha value is -3.22. The lowest BCUT2D eigenvalue weighted by Gasteiger charge is -2.13. The number of carbonyl (C=O) groups is 2. The molecule has 0 aliphatic carbocycles. The Balaban J connectivity index is 1.53. The first-order valence-corrected chi connectivity index (χ1v) is 8.07. The van der Waals surface area contributed by atoms with Gasteiger partial charge < -0.3 is 10.6 Å². The molecule has 0 spiro atoms. The Morgan fingerprint density at radius 1 is 1.16 bits per heavy atom. The number of aromatic nitrogens is 3. The molecule has 0 saturated carbocycles. The van der Waals surface area contributed by atoms with Crippen LogP contribution in [0.4, 0.5) is 0 Å². The zero-order valence-corrected chi connectivity index (χ0v) is 13.8. The maximum atomic E-state index is 12.3. The van der Waals surface area contributed by atoms with Crippen LogP contribution >= 0.6 is 0 Å². The number of para-hydroxylation sites is 1. The highest BCUT2D eigenvalue weighted by Crippen LogP contribution is 2.14. The number of hydrogen-bond acceptors (Lipinski definition) is 4. The van der Waals surface area contributed by atoms with Crippen molar-refractivity contribution in [1.82, 2.24) is 25.8 Å². The van der Waals surface area contributed by atoms with Gasteiger partial charge >= 0.3 is 0 Å². The van der Waals surface area contributed by atoms with E-state index >= 15 is 0 Å². The molecule has 128 valence electrons. The first-order valence-electron chi connectivity index (χ1n) is 8.07. The van der Waals surface area contributed by atoms with Gasteiger partial charge in [-0.3, -0.25) is 19.7 Å². The van der Waals surface area contributed by atoms with Gasteiger partial charge in [-0.2, -0.15) is 5.10 Å². The Morgan fingerprint density at radius 2 is 1.96 bits per heavy atom. The average molecular weight is 337 g/mol. The molecular weight excluding hydrogens is 318 g/mol. The number of nitrogens with one attached hydrogen (secondary N) is 3. The molecule has 2 aromatic heterocycles. The molecule has 1 atom stereocenters. The quantitative estimate of drug-likeness (QED) is 0.633. The molecule has 3 aromatic rings. The number of H-pyrrole nitrogens is 1. The lowest BCUT2D eigenvalue weighted by molar-refractivity contribution is -0.122. The topological polar surface area (TPSA) is 99.8 Å². The largest absolute Gasteiger partial charge is 0.354 e. The number of hydrogen-bond donors (Lipinski definition) is 3. The van der Waals surface area contributed by atoms with Crippen molar-refractivity contribution >= 4 is 22.7 Å². The minimum Gasteiger partial charge on any atom is -0.354 e. The van der Waals surface area contributed by atoms with Crippen LogP contribution in [-0.4, -0.2) is 39.6 Å². The maximum absolute atomic E-state index is 12.3. The number of nitrogens with zero attached hydrogens (tertiary/aromatic N) is 2. The molecule has 0 aliphatic rings. The molecule has 7 heteroatoms. The fraction of sp³-hybridized carbons (Fsp3) is 0.222. The van der Waals surface area contributed by atoms with Crippen LogP contribution in [0.5, 0.6) is 0 Å². The van der Waals surface area contributed by atoms with E-state index in [4.69, 9.17) is 0 Å². The second-order valence-corrected chi connectivity index (χ2v) is 5.68. The summed E-state index contributed by atoms with van der Waals surface area (Å²) in [5.74, 6) is -0.631. The molecule has 0 bridgehead atoms. The summed E-state index contributed by atoms with van der Waals surface area (Å²) in [5, 5.41) is 13.0. The standard InChI is InChI=1S/C18H19N5O2/c1-12(17(24)20-11-9-13-6-4-5-10-19-13)21-18(25)16-14-7-2-3-8-15(14)22-23-16/h2-8,10,12H,9,11H2,1H3,(H,20,24)(H,21,25)(H,22,23)/t12-/m0/s1. The minimum atomic E-state index is -0.660. The molecule has 0 unspecified atom stereocenters. The van der Waals surface area contributed by atoms with Gasteiger partial charge in [-0.05, 0) is 25.1 Å². The zero-order chi connectivity index (χ0) is 17.6. The Labute approximate surface area is 144 Å². The van der Waals surface area contributed by atoms with Crippen molar-refractivity contribution in [2.45, 2.75) is 19.4 Å². The predicted octanol–water partition coefficient (Wildman–Crippen LogP) is 1.44. The summed E-state index contributed by atoms with van der Waals surface area (Å²) >= 11 is 0. The SMILES string of the molecule is C[C@H](NC(=O)c1n[nH]c2ccccc12)C(=O)NCCc1ccccn1. The second-order valence-electron chi connectivity index (χ2n) is 5.68. The summed E-state index contributed by atoms with van der Waals surface area (Å²) in [7, 11) is 0. The summed E-state index contributed by atoms with van der Waals surface area (Å²) in [6.45, 7) is 2.10. The summed E-state index contributed by atoms with van der Waals surface area (Å²) in [6.07, 6.45) is 2.35. The van der Waals surface area contributed by atoms with Crippen molar-refractivity contribution in [1.29, 1.82) is 0 Å². The van der Waals surface area contributed by atoms with E-state index in [1.54, 1.807) is 13.1 Å². The van der Waals surface area contributed by atoms with Gasteiger partial charge in [-0.15, -0.1) is 0 Å². The van der Waals surface area contributed by atoms with Gasteiger partial charge in [0, 0.05) is 30.2 Å². The molecule has 7 nitrogen and oxygen atoms in total. The summed E-state index contributed by atoms with van der Waals surface area (Å²) in [6, 6.07) is 12.3. The summed E-state index contributed by atoms with van der Waals surface area (Å²) < 4.78 is 0. The predicted molar refractivity (Wildman–Crippen MR) is 94.0 cm³/mol. The van der Waals surface area contributed by atoms with Gasteiger partial charge in [-0.25, -0.2) is 0 Å². The third kappa shape index (κ3) is 4.00. The molecule has 0 aliphatic heterocycles. The molecule has 0 fully saturated rings. The van der Waals surface area contributed by atoms with E-state index in [1.807, 2.05) is 42.5 Å². The highest BCUT2D eigenvalue weighted by Gasteiger charge is 2.19. The lowest BCUT2D eigenvalue weighted by Crippen LogP contribution is -2.45. The van der Waals surface area contributed by atoms with E-state index in [0.29, 0.717) is 13.0 Å². The van der Waals surface area contributed by atoms with E-state index < -0.39 is 6.04 Å². The van der Waals surface area contributed by atoms with Crippen LogP contribution in [0, 0.1) is 0 Å². The van der Waals surface area contributed by atoms with Gasteiger partial charge in [-0.1, -0.05) is 24.3 Å². The van der Waals surface area contributed by atoms with Crippen molar-refractivity contribution < 1.29 is 9.59 Å². The van der Waals surface area contributed by atoms with E-state index in [0.717, 1.165) is 16.6 Å². The van der Waals surface area contributed by atoms with Crippen molar-refractivity contribution in [3.8, 4) is 0 Å². The van der Waals surface area contributed by atoms with Gasteiger partial charge in [0.1, 0.15) is 6.04 Å². The first kappa shape index (κ1) is 16.6. The minimum absolute atomic E-state index is 0.246. The Morgan fingerprint density at radius 3 is 2.76 bits per heavy atom. The number of aromatic amines is 1. The van der Waals surface area contributed by atoms with Crippen molar-refractivity contribution in [2.75, 3.05) is 6.54 Å². The normalized spacial score (nSPS) is 11.9. The third-order valence-corrected chi connectivity index (χ3v) is 3.83. The van der Waals surface area contributed by atoms with Crippen LogP contribution in [0.1, 0.15) is 23.1 Å². The summed E-state index contributed by atoms with van der Waals surface area (Å²) in [4.78, 5) is 28.7. The highest BCUT2D eigenvalue weighted by molar-refractivity contribution is 6.05. The van der Waals surface area contributed by atoms with E-state index in [2.05, 4.69) is 25.8 Å². The second kappa shape index (κ2) is 7.57. The number of carbonyl (C=O) groups excluding carboxylic acids is 2. The molecular formula is C18H19N5O2. The third-order valence-electron chi connectivity index (χ3n) is 3.83. The Bertz CT molecular complexity index is 875. The molecule has 0 saturated heterocycles. The van der Waals surface area contributed by atoms with E-state index in [1.165, 1.54) is 0 Å². The maximum Gasteiger partial charge on any atom is 0.273 e. The van der Waals surface area contributed by atoms with Crippen molar-refractivity contribution in [3.05, 3.63) is 60.0 Å². The van der Waals surface area contributed by atoms with Crippen LogP contribution < -0.4 is 10.6 Å². The first-order chi connectivity index (χ1) is 12.1. The van der Waals surface area contributed by atoms with Gasteiger partial charge in [0.25, 0.3) is 5.91 Å². The molecule has 25 heavy (non-hydrogen) atoms. The van der Waals surface area contributed by atoms with Crippen LogP contribution in [0.3, 0.4) is 0 Å². The van der Waals surface area contributed by atoms with Crippen LogP contribution in [-0.2, 0) is 11.2 Å². The van der Waals surface area contributed by atoms with Crippen LogP contribution in [0.25, 0.3) is 10.9 Å².